The van der Waals surface area contributed by atoms with E-state index < -0.39 is 0 Å². The number of nitrogens with zero attached hydrogens (tertiary/aromatic N) is 2. The average molecular weight is 292 g/mol. The van der Waals surface area contributed by atoms with Crippen molar-refractivity contribution in [3.05, 3.63) is 70.8 Å². The van der Waals surface area contributed by atoms with Crippen LogP contribution in [-0.2, 0) is 13.1 Å². The van der Waals surface area contributed by atoms with Crippen molar-refractivity contribution >= 4 is 16.0 Å². The highest BCUT2D eigenvalue weighted by molar-refractivity contribution is 6.05. The Balaban J connectivity index is 1.74. The molecule has 0 heterocycles. The molecule has 0 saturated carbocycles. The Morgan fingerprint density at radius 2 is 0.955 bits per heavy atom. The summed E-state index contributed by atoms with van der Waals surface area (Å²) in [6.07, 6.45) is 0. The van der Waals surface area contributed by atoms with Gasteiger partial charge in [0.2, 0.25) is 0 Å². The van der Waals surface area contributed by atoms with E-state index in [0.717, 1.165) is 26.2 Å². The number of benzene rings is 2. The van der Waals surface area contributed by atoms with Crippen LogP contribution in [0.2, 0.25) is 0 Å². The molecule has 0 N–H and O–H groups in total. The van der Waals surface area contributed by atoms with Gasteiger partial charge < -0.3 is 9.62 Å². The van der Waals surface area contributed by atoms with E-state index in [1.807, 2.05) is 0 Å². The predicted octanol–water partition coefficient (Wildman–Crippen LogP) is 1.70. The van der Waals surface area contributed by atoms with Crippen LogP contribution in [0.15, 0.2) is 48.5 Å². The second-order valence-corrected chi connectivity index (χ2v) is 6.45. The summed E-state index contributed by atoms with van der Waals surface area (Å²) in [7, 11) is 4.39. The summed E-state index contributed by atoms with van der Waals surface area (Å²) in [4.78, 5) is 4.77. The van der Waals surface area contributed by atoms with Gasteiger partial charge in [0, 0.05) is 13.1 Å². The number of hydrogen-bond donors (Lipinski definition) is 0. The van der Waals surface area contributed by atoms with Crippen LogP contribution in [0.25, 0.3) is 0 Å². The minimum atomic E-state index is 1.01. The molecule has 0 aliphatic carbocycles. The quantitative estimate of drug-likeness (QED) is 0.717. The molecule has 0 aromatic heterocycles. The van der Waals surface area contributed by atoms with Crippen LogP contribution in [-0.4, -0.2) is 38.7 Å². The highest BCUT2D eigenvalue weighted by atomic mass is 15.1. The Morgan fingerprint density at radius 1 is 0.636 bits per heavy atom. The molecule has 0 aliphatic heterocycles. The largest absolute Gasteiger partial charge is 0.344 e. The standard InChI is InChI=1S/C18H26B2N2/c1-15-3-7-17(8-4-15)13-21(19)11-12-22(20)14-18-9-5-16(2)6-10-18/h3-10H,11-14,19-20H2,1-2H3. The summed E-state index contributed by atoms with van der Waals surface area (Å²) in [5.41, 5.74) is 5.41. The molecule has 4 heteroatoms. The monoisotopic (exact) mass is 292 g/mol. The summed E-state index contributed by atoms with van der Waals surface area (Å²) >= 11 is 0. The minimum Gasteiger partial charge on any atom is -0.344 e. The highest BCUT2D eigenvalue weighted by Crippen LogP contribution is 2.07. The second-order valence-electron chi connectivity index (χ2n) is 6.45. The third kappa shape index (κ3) is 5.70. The van der Waals surface area contributed by atoms with Gasteiger partial charge in [0.25, 0.3) is 0 Å². The lowest BCUT2D eigenvalue weighted by molar-refractivity contribution is 0.364. The third-order valence-electron chi connectivity index (χ3n) is 4.01. The first kappa shape index (κ1) is 16.9. The number of aryl methyl sites for hydroxylation is 2. The van der Waals surface area contributed by atoms with E-state index in [1.54, 1.807) is 0 Å². The molecule has 0 aliphatic rings. The summed E-state index contributed by atoms with van der Waals surface area (Å²) < 4.78 is 0. The van der Waals surface area contributed by atoms with E-state index in [0.29, 0.717) is 0 Å². The van der Waals surface area contributed by atoms with Crippen LogP contribution < -0.4 is 0 Å². The van der Waals surface area contributed by atoms with Gasteiger partial charge in [-0.15, -0.1) is 0 Å². The lowest BCUT2D eigenvalue weighted by atomic mass is 10.1. The Labute approximate surface area is 137 Å². The molecule has 0 bridgehead atoms. The molecule has 2 aromatic carbocycles. The van der Waals surface area contributed by atoms with E-state index in [2.05, 4.69) is 88.0 Å². The maximum Gasteiger partial charge on any atom is 0.185 e. The molecule has 0 amide bonds. The first-order valence-corrected chi connectivity index (χ1v) is 8.01. The summed E-state index contributed by atoms with van der Waals surface area (Å²) in [6, 6.07) is 17.6. The van der Waals surface area contributed by atoms with Gasteiger partial charge in [-0.05, 0) is 38.1 Å². The summed E-state index contributed by atoms with van der Waals surface area (Å²) in [5.74, 6) is 0. The average Bonchev–Trinajstić information content (AvgIpc) is 2.50. The van der Waals surface area contributed by atoms with E-state index in [1.165, 1.54) is 22.3 Å². The van der Waals surface area contributed by atoms with Crippen molar-refractivity contribution < 1.29 is 0 Å². The predicted molar refractivity (Wildman–Crippen MR) is 100 cm³/mol. The van der Waals surface area contributed by atoms with Crippen LogP contribution in [0.3, 0.4) is 0 Å². The minimum absolute atomic E-state index is 1.01. The fraction of sp³-hybridized carbons (Fsp3) is 0.333. The van der Waals surface area contributed by atoms with Gasteiger partial charge in [0.05, 0.1) is 0 Å². The molecule has 22 heavy (non-hydrogen) atoms. The molecule has 0 saturated heterocycles. The smallest absolute Gasteiger partial charge is 0.185 e. The first-order valence-electron chi connectivity index (χ1n) is 8.01. The molecular weight excluding hydrogens is 266 g/mol. The third-order valence-corrected chi connectivity index (χ3v) is 4.01. The van der Waals surface area contributed by atoms with Crippen LogP contribution >= 0.6 is 0 Å². The van der Waals surface area contributed by atoms with E-state index in [-0.39, 0.29) is 0 Å². The van der Waals surface area contributed by atoms with Gasteiger partial charge in [-0.3, -0.25) is 0 Å². The molecule has 2 aromatic rings. The van der Waals surface area contributed by atoms with Crippen molar-refractivity contribution in [2.45, 2.75) is 26.9 Å². The van der Waals surface area contributed by atoms with E-state index >= 15 is 0 Å². The van der Waals surface area contributed by atoms with Crippen molar-refractivity contribution in [3.8, 4) is 0 Å². The second kappa shape index (κ2) is 8.21. The lowest BCUT2D eigenvalue weighted by Crippen LogP contribution is -2.32. The van der Waals surface area contributed by atoms with Crippen molar-refractivity contribution in [1.82, 2.24) is 9.62 Å². The zero-order valence-electron chi connectivity index (χ0n) is 14.3. The topological polar surface area (TPSA) is 6.48 Å². The fourth-order valence-electron chi connectivity index (χ4n) is 2.51. The van der Waals surface area contributed by atoms with Crippen LogP contribution in [0.5, 0.6) is 0 Å². The zero-order valence-corrected chi connectivity index (χ0v) is 14.3. The van der Waals surface area contributed by atoms with Crippen molar-refractivity contribution in [1.29, 1.82) is 0 Å². The Bertz CT molecular complexity index is 513. The Morgan fingerprint density at radius 3 is 1.27 bits per heavy atom. The molecule has 2 rings (SSSR count). The molecule has 0 fully saturated rings. The summed E-state index contributed by atoms with van der Waals surface area (Å²) in [6.45, 7) is 8.45. The zero-order chi connectivity index (χ0) is 15.9. The van der Waals surface area contributed by atoms with Gasteiger partial charge in [0.1, 0.15) is 0 Å². The SMILES string of the molecule is BN(CCN(B)Cc1ccc(C)cc1)Cc1ccc(C)cc1. The molecule has 0 unspecified atom stereocenters. The molecule has 0 spiro atoms. The summed E-state index contributed by atoms with van der Waals surface area (Å²) in [5, 5.41) is 0. The van der Waals surface area contributed by atoms with Gasteiger partial charge in [-0.25, -0.2) is 0 Å². The van der Waals surface area contributed by atoms with Gasteiger partial charge in [-0.2, -0.15) is 0 Å². The highest BCUT2D eigenvalue weighted by Gasteiger charge is 2.04. The molecule has 2 nitrogen and oxygen atoms in total. The first-order chi connectivity index (χ1) is 10.5. The van der Waals surface area contributed by atoms with E-state index in [4.69, 9.17) is 0 Å². The van der Waals surface area contributed by atoms with Crippen LogP contribution in [0.1, 0.15) is 22.3 Å². The van der Waals surface area contributed by atoms with Crippen molar-refractivity contribution in [2.24, 2.45) is 0 Å². The number of hydrogen-bond acceptors (Lipinski definition) is 2. The van der Waals surface area contributed by atoms with Crippen molar-refractivity contribution in [3.63, 3.8) is 0 Å². The Hall–Kier alpha value is -1.51. The van der Waals surface area contributed by atoms with Gasteiger partial charge >= 0.3 is 0 Å². The van der Waals surface area contributed by atoms with E-state index in [9.17, 15) is 0 Å². The molecular formula is C18H26B2N2. The Kier molecular flexibility index (Phi) is 6.29. The molecule has 114 valence electrons. The lowest BCUT2D eigenvalue weighted by Gasteiger charge is -2.23. The van der Waals surface area contributed by atoms with Crippen molar-refractivity contribution in [2.75, 3.05) is 13.1 Å². The van der Waals surface area contributed by atoms with Gasteiger partial charge in [0.15, 0.2) is 16.0 Å². The maximum atomic E-state index is 2.39. The molecule has 0 atom stereocenters. The normalized spacial score (nSPS) is 11.3. The fourth-order valence-corrected chi connectivity index (χ4v) is 2.51. The number of rotatable bonds is 7. The maximum absolute atomic E-state index is 2.39. The van der Waals surface area contributed by atoms with Crippen LogP contribution in [0, 0.1) is 13.8 Å². The molecule has 0 radical (unpaired) electrons. The van der Waals surface area contributed by atoms with Gasteiger partial charge in [-0.1, -0.05) is 59.7 Å². The van der Waals surface area contributed by atoms with Crippen LogP contribution in [0.4, 0.5) is 0 Å².